The van der Waals surface area contributed by atoms with Crippen molar-refractivity contribution in [2.24, 2.45) is 0 Å². The summed E-state index contributed by atoms with van der Waals surface area (Å²) in [5.74, 6) is -2.04. The normalized spacial score (nSPS) is 16.7. The van der Waals surface area contributed by atoms with E-state index in [4.69, 9.17) is 6.42 Å². The third kappa shape index (κ3) is 3.07. The fourth-order valence-corrected chi connectivity index (χ4v) is 3.17. The number of benzene rings is 2. The molecule has 1 saturated heterocycles. The number of rotatable bonds is 2. The maximum absolute atomic E-state index is 14.2. The largest absolute Gasteiger partial charge is 0.302 e. The molecule has 2 amide bonds. The minimum absolute atomic E-state index is 0.0543. The van der Waals surface area contributed by atoms with Crippen LogP contribution in [0.2, 0.25) is 0 Å². The minimum atomic E-state index is -1.21. The lowest BCUT2D eigenvalue weighted by Crippen LogP contribution is -2.35. The third-order valence-electron chi connectivity index (χ3n) is 3.92. The highest BCUT2D eigenvalue weighted by Gasteiger charge is 2.42. The van der Waals surface area contributed by atoms with Gasteiger partial charge in [-0.3, -0.25) is 14.8 Å². The van der Waals surface area contributed by atoms with Crippen LogP contribution in [0.25, 0.3) is 0 Å². The zero-order valence-corrected chi connectivity index (χ0v) is 14.7. The van der Waals surface area contributed by atoms with Crippen molar-refractivity contribution in [2.45, 2.75) is 6.17 Å². The lowest BCUT2D eigenvalue weighted by atomic mass is 10.1. The molecule has 0 aliphatic carbocycles. The number of hydrogen-bond donors (Lipinski definition) is 1. The second kappa shape index (κ2) is 6.86. The molecule has 26 heavy (non-hydrogen) atoms. The van der Waals surface area contributed by atoms with Crippen LogP contribution in [0, 0.1) is 24.0 Å². The molecule has 2 aromatic carbocycles. The molecule has 1 aliphatic rings. The molecule has 5 nitrogen and oxygen atoms in total. The van der Waals surface area contributed by atoms with Crippen molar-refractivity contribution in [3.8, 4) is 12.3 Å². The van der Waals surface area contributed by atoms with Crippen molar-refractivity contribution in [3.63, 3.8) is 0 Å². The zero-order valence-electron chi connectivity index (χ0n) is 13.1. The Hall–Kier alpha value is -2.76. The van der Waals surface area contributed by atoms with E-state index in [0.29, 0.717) is 15.1 Å². The molecule has 1 atom stereocenters. The van der Waals surface area contributed by atoms with Gasteiger partial charge in [-0.1, -0.05) is 34.0 Å². The highest BCUT2D eigenvalue weighted by atomic mass is 79.9. The van der Waals surface area contributed by atoms with E-state index in [0.717, 1.165) is 17.0 Å². The van der Waals surface area contributed by atoms with Gasteiger partial charge in [-0.25, -0.2) is 8.78 Å². The number of carbonyl (C=O) groups is 2. The van der Waals surface area contributed by atoms with Gasteiger partial charge in [0.1, 0.15) is 23.7 Å². The smallest absolute Gasteiger partial charge is 0.267 e. The summed E-state index contributed by atoms with van der Waals surface area (Å²) in [6.07, 6.45) is 3.91. The van der Waals surface area contributed by atoms with Crippen LogP contribution in [-0.2, 0) is 4.79 Å². The average Bonchev–Trinajstić information content (AvgIpc) is 2.89. The molecule has 1 aliphatic heterocycles. The monoisotopic (exact) mass is 420 g/mol. The van der Waals surface area contributed by atoms with Crippen molar-refractivity contribution < 1.29 is 23.6 Å². The van der Waals surface area contributed by atoms with Crippen molar-refractivity contribution in [1.82, 2.24) is 9.96 Å². The molecule has 132 valence electrons. The summed E-state index contributed by atoms with van der Waals surface area (Å²) in [7, 11) is 0. The molecular weight excluding hydrogens is 410 g/mol. The number of terminal acetylenes is 1. The Morgan fingerprint density at radius 3 is 2.50 bits per heavy atom. The van der Waals surface area contributed by atoms with Crippen molar-refractivity contribution in [3.05, 3.63) is 69.2 Å². The molecule has 1 N–H and O–H groups in total. The van der Waals surface area contributed by atoms with Crippen molar-refractivity contribution in [2.75, 3.05) is 6.54 Å². The number of amides is 2. The standard InChI is InChI=1S/C18H11BrF2N2O3/c1-2-10-6-13(20)16(14(21)7-10)18(25)22-9-15(24)23(26)17(22)11-4-3-5-12(19)8-11/h1,3-8,17,26H,9H2. The van der Waals surface area contributed by atoms with Crippen LogP contribution in [0.15, 0.2) is 40.9 Å². The summed E-state index contributed by atoms with van der Waals surface area (Å²) in [5, 5.41) is 10.4. The first kappa shape index (κ1) is 18.0. The van der Waals surface area contributed by atoms with Gasteiger partial charge in [-0.2, -0.15) is 5.06 Å². The van der Waals surface area contributed by atoms with Gasteiger partial charge in [0.05, 0.1) is 0 Å². The Morgan fingerprint density at radius 2 is 1.92 bits per heavy atom. The summed E-state index contributed by atoms with van der Waals surface area (Å²) in [6, 6.07) is 8.23. The highest BCUT2D eigenvalue weighted by Crippen LogP contribution is 2.33. The fourth-order valence-electron chi connectivity index (χ4n) is 2.75. The number of hydroxylamine groups is 2. The van der Waals surface area contributed by atoms with Crippen LogP contribution in [-0.4, -0.2) is 33.5 Å². The Morgan fingerprint density at radius 1 is 1.27 bits per heavy atom. The Balaban J connectivity index is 2.06. The minimum Gasteiger partial charge on any atom is -0.302 e. The number of hydrogen-bond acceptors (Lipinski definition) is 3. The van der Waals surface area contributed by atoms with Crippen LogP contribution >= 0.6 is 15.9 Å². The fraction of sp³-hybridized carbons (Fsp3) is 0.111. The van der Waals surface area contributed by atoms with E-state index in [1.165, 1.54) is 0 Å². The molecule has 0 radical (unpaired) electrons. The average molecular weight is 421 g/mol. The van der Waals surface area contributed by atoms with E-state index in [-0.39, 0.29) is 5.56 Å². The second-order valence-corrected chi connectivity index (χ2v) is 6.47. The SMILES string of the molecule is C#Cc1cc(F)c(C(=O)N2CC(=O)N(O)C2c2cccc(Br)c2)c(F)c1. The van der Waals surface area contributed by atoms with Gasteiger partial charge in [0, 0.05) is 10.0 Å². The molecule has 3 rings (SSSR count). The molecule has 0 spiro atoms. The van der Waals surface area contributed by atoms with Gasteiger partial charge >= 0.3 is 0 Å². The van der Waals surface area contributed by atoms with Crippen LogP contribution in [0.5, 0.6) is 0 Å². The Bertz CT molecular complexity index is 935. The number of halogens is 3. The molecule has 1 fully saturated rings. The van der Waals surface area contributed by atoms with E-state index < -0.39 is 41.7 Å². The molecule has 8 heteroatoms. The maximum Gasteiger partial charge on any atom is 0.267 e. The van der Waals surface area contributed by atoms with E-state index in [2.05, 4.69) is 21.9 Å². The van der Waals surface area contributed by atoms with Gasteiger partial charge < -0.3 is 4.90 Å². The summed E-state index contributed by atoms with van der Waals surface area (Å²) in [5.41, 5.74) is -0.504. The Kier molecular flexibility index (Phi) is 4.76. The van der Waals surface area contributed by atoms with E-state index in [9.17, 15) is 23.6 Å². The summed E-state index contributed by atoms with van der Waals surface area (Å²) in [4.78, 5) is 25.5. The maximum atomic E-state index is 14.2. The lowest BCUT2D eigenvalue weighted by Gasteiger charge is -2.27. The van der Waals surface area contributed by atoms with Crippen molar-refractivity contribution in [1.29, 1.82) is 0 Å². The zero-order chi connectivity index (χ0) is 19.0. The van der Waals surface area contributed by atoms with E-state index in [1.807, 2.05) is 0 Å². The van der Waals surface area contributed by atoms with Crippen molar-refractivity contribution >= 4 is 27.7 Å². The van der Waals surface area contributed by atoms with Crippen LogP contribution in [0.3, 0.4) is 0 Å². The summed E-state index contributed by atoms with van der Waals surface area (Å²) < 4.78 is 29.1. The predicted octanol–water partition coefficient (Wildman–Crippen LogP) is 3.08. The second-order valence-electron chi connectivity index (χ2n) is 5.56. The van der Waals surface area contributed by atoms with Crippen LogP contribution < -0.4 is 0 Å². The molecule has 1 heterocycles. The first-order chi connectivity index (χ1) is 12.3. The van der Waals surface area contributed by atoms with E-state index in [1.54, 1.807) is 24.3 Å². The molecule has 1 unspecified atom stereocenters. The summed E-state index contributed by atoms with van der Waals surface area (Å²) in [6.45, 7) is -0.526. The third-order valence-corrected chi connectivity index (χ3v) is 4.41. The van der Waals surface area contributed by atoms with Gasteiger partial charge in [-0.15, -0.1) is 6.42 Å². The first-order valence-corrected chi connectivity index (χ1v) is 8.16. The molecule has 0 aromatic heterocycles. The molecule has 2 aromatic rings. The molecule has 0 bridgehead atoms. The highest BCUT2D eigenvalue weighted by molar-refractivity contribution is 9.10. The first-order valence-electron chi connectivity index (χ1n) is 7.36. The number of carbonyl (C=O) groups excluding carboxylic acids is 2. The van der Waals surface area contributed by atoms with Crippen LogP contribution in [0.4, 0.5) is 8.78 Å². The number of nitrogens with zero attached hydrogens (tertiary/aromatic N) is 2. The van der Waals surface area contributed by atoms with Gasteiger partial charge in [-0.05, 0) is 29.8 Å². The molecule has 0 saturated carbocycles. The van der Waals surface area contributed by atoms with E-state index >= 15 is 0 Å². The topological polar surface area (TPSA) is 60.9 Å². The quantitative estimate of drug-likeness (QED) is 0.599. The summed E-state index contributed by atoms with van der Waals surface area (Å²) >= 11 is 3.26. The Labute approximate surface area is 155 Å². The van der Waals surface area contributed by atoms with Crippen LogP contribution in [0.1, 0.15) is 27.7 Å². The van der Waals surface area contributed by atoms with Gasteiger partial charge in [0.15, 0.2) is 6.17 Å². The molecular formula is C18H11BrF2N2O3. The lowest BCUT2D eigenvalue weighted by molar-refractivity contribution is -0.168. The predicted molar refractivity (Wildman–Crippen MR) is 90.8 cm³/mol. The van der Waals surface area contributed by atoms with Gasteiger partial charge in [0.2, 0.25) is 0 Å². The van der Waals surface area contributed by atoms with Gasteiger partial charge in [0.25, 0.3) is 11.8 Å².